The fraction of sp³-hybridized carbons (Fsp3) is 0.857. The Morgan fingerprint density at radius 1 is 1.20 bits per heavy atom. The van der Waals surface area contributed by atoms with Crippen molar-refractivity contribution in [2.45, 2.75) is 19.3 Å². The van der Waals surface area contributed by atoms with E-state index in [1.54, 1.807) is 4.90 Å². The number of likely N-dealkylation sites (tertiary alicyclic amines) is 1. The number of carbonyl (C=O) groups excluding carboxylic acids is 2. The first-order chi connectivity index (χ1) is 9.65. The monoisotopic (exact) mass is 282 g/mol. The van der Waals surface area contributed by atoms with Crippen LogP contribution in [0.1, 0.15) is 19.3 Å². The fourth-order valence-electron chi connectivity index (χ4n) is 2.70. The summed E-state index contributed by atoms with van der Waals surface area (Å²) in [6.07, 6.45) is 2.45. The maximum atomic E-state index is 11.7. The van der Waals surface area contributed by atoms with Crippen LogP contribution in [0.25, 0.3) is 0 Å². The lowest BCUT2D eigenvalue weighted by molar-refractivity contribution is -0.133. The fourth-order valence-corrected chi connectivity index (χ4v) is 2.70. The van der Waals surface area contributed by atoms with Gasteiger partial charge in [0.1, 0.15) is 0 Å². The number of hydrogen-bond acceptors (Lipinski definition) is 4. The van der Waals surface area contributed by atoms with Gasteiger partial charge in [-0.3, -0.25) is 9.59 Å². The Bertz CT molecular complexity index is 340. The highest BCUT2D eigenvalue weighted by molar-refractivity contribution is 5.85. The smallest absolute Gasteiger partial charge is 0.239 e. The number of nitrogens with one attached hydrogen (secondary N) is 1. The molecule has 0 atom stereocenters. The van der Waals surface area contributed by atoms with E-state index in [4.69, 9.17) is 0 Å². The molecule has 2 aliphatic rings. The molecule has 114 valence electrons. The Balaban J connectivity index is 1.52. The molecule has 2 aliphatic heterocycles. The molecule has 2 rings (SSSR count). The van der Waals surface area contributed by atoms with E-state index in [1.807, 2.05) is 0 Å². The van der Waals surface area contributed by atoms with Gasteiger partial charge in [-0.2, -0.15) is 0 Å². The van der Waals surface area contributed by atoms with Gasteiger partial charge in [0.15, 0.2) is 0 Å². The van der Waals surface area contributed by atoms with Gasteiger partial charge in [-0.25, -0.2) is 0 Å². The Morgan fingerprint density at radius 2 is 1.95 bits per heavy atom. The molecule has 20 heavy (non-hydrogen) atoms. The van der Waals surface area contributed by atoms with Crippen molar-refractivity contribution in [2.75, 3.05) is 59.4 Å². The molecular formula is C14H26N4O2. The van der Waals surface area contributed by atoms with Gasteiger partial charge in [0, 0.05) is 45.7 Å². The van der Waals surface area contributed by atoms with Gasteiger partial charge in [0.25, 0.3) is 0 Å². The van der Waals surface area contributed by atoms with Crippen LogP contribution in [0.3, 0.4) is 0 Å². The molecule has 2 saturated heterocycles. The molecule has 2 heterocycles. The van der Waals surface area contributed by atoms with Gasteiger partial charge in [0.05, 0.1) is 6.54 Å². The summed E-state index contributed by atoms with van der Waals surface area (Å²) >= 11 is 0. The van der Waals surface area contributed by atoms with Gasteiger partial charge < -0.3 is 20.0 Å². The second-order valence-corrected chi connectivity index (χ2v) is 5.77. The zero-order valence-electron chi connectivity index (χ0n) is 12.4. The minimum atomic E-state index is -0.0290. The van der Waals surface area contributed by atoms with Gasteiger partial charge >= 0.3 is 0 Å². The lowest BCUT2D eigenvalue weighted by atomic mass is 10.3. The van der Waals surface area contributed by atoms with Crippen LogP contribution in [-0.2, 0) is 9.59 Å². The lowest BCUT2D eigenvalue weighted by Gasteiger charge is -2.32. The average Bonchev–Trinajstić information content (AvgIpc) is 2.82. The van der Waals surface area contributed by atoms with Crippen molar-refractivity contribution in [2.24, 2.45) is 0 Å². The molecule has 2 amide bonds. The third kappa shape index (κ3) is 4.76. The largest absolute Gasteiger partial charge is 0.355 e. The highest BCUT2D eigenvalue weighted by Crippen LogP contribution is 2.08. The molecule has 0 saturated carbocycles. The number of piperazine rings is 1. The van der Waals surface area contributed by atoms with Gasteiger partial charge in [-0.15, -0.1) is 0 Å². The number of nitrogens with zero attached hydrogens (tertiary/aromatic N) is 3. The third-order valence-corrected chi connectivity index (χ3v) is 4.08. The van der Waals surface area contributed by atoms with Crippen molar-refractivity contribution in [3.05, 3.63) is 0 Å². The minimum Gasteiger partial charge on any atom is -0.355 e. The molecule has 0 spiro atoms. The van der Waals surface area contributed by atoms with Crippen LogP contribution in [0.5, 0.6) is 0 Å². The van der Waals surface area contributed by atoms with Crippen LogP contribution >= 0.6 is 0 Å². The first kappa shape index (κ1) is 15.3. The van der Waals surface area contributed by atoms with Crippen LogP contribution in [0.2, 0.25) is 0 Å². The normalized spacial score (nSPS) is 21.4. The predicted molar refractivity (Wildman–Crippen MR) is 77.4 cm³/mol. The SMILES string of the molecule is CN1CCN(CCCNC(=O)CN2CCCC2=O)CC1. The van der Waals surface area contributed by atoms with Crippen molar-refractivity contribution in [3.63, 3.8) is 0 Å². The molecule has 0 unspecified atom stereocenters. The molecule has 6 heteroatoms. The van der Waals surface area contributed by atoms with E-state index < -0.39 is 0 Å². The van der Waals surface area contributed by atoms with Crippen LogP contribution in [0.4, 0.5) is 0 Å². The van der Waals surface area contributed by atoms with E-state index in [-0.39, 0.29) is 18.4 Å². The highest BCUT2D eigenvalue weighted by atomic mass is 16.2. The zero-order chi connectivity index (χ0) is 14.4. The first-order valence-corrected chi connectivity index (χ1v) is 7.60. The molecule has 0 aliphatic carbocycles. The van der Waals surface area contributed by atoms with E-state index in [1.165, 1.54) is 0 Å². The van der Waals surface area contributed by atoms with Gasteiger partial charge in [0.2, 0.25) is 11.8 Å². The molecule has 0 aromatic rings. The summed E-state index contributed by atoms with van der Waals surface area (Å²) in [5.74, 6) is 0.0798. The van der Waals surface area contributed by atoms with E-state index in [0.717, 1.165) is 52.1 Å². The standard InChI is InChI=1S/C14H26N4O2/c1-16-8-10-17(11-9-16)6-3-5-15-13(19)12-18-7-2-4-14(18)20/h2-12H2,1H3,(H,15,19). The van der Waals surface area contributed by atoms with Gasteiger partial charge in [-0.1, -0.05) is 0 Å². The van der Waals surface area contributed by atoms with E-state index in [2.05, 4.69) is 22.2 Å². The third-order valence-electron chi connectivity index (χ3n) is 4.08. The Morgan fingerprint density at radius 3 is 2.60 bits per heavy atom. The number of carbonyl (C=O) groups is 2. The van der Waals surface area contributed by atoms with Gasteiger partial charge in [-0.05, 0) is 26.4 Å². The average molecular weight is 282 g/mol. The molecule has 0 aromatic heterocycles. The number of rotatable bonds is 6. The summed E-state index contributed by atoms with van der Waals surface area (Å²) in [4.78, 5) is 29.5. The second kappa shape index (κ2) is 7.59. The number of amides is 2. The molecule has 2 fully saturated rings. The van der Waals surface area contributed by atoms with Crippen molar-refractivity contribution < 1.29 is 9.59 Å². The highest BCUT2D eigenvalue weighted by Gasteiger charge is 2.22. The summed E-state index contributed by atoms with van der Waals surface area (Å²) < 4.78 is 0. The quantitative estimate of drug-likeness (QED) is 0.659. The molecule has 0 bridgehead atoms. The summed E-state index contributed by atoms with van der Waals surface area (Å²) in [5, 5.41) is 2.91. The number of hydrogen-bond donors (Lipinski definition) is 1. The molecule has 0 radical (unpaired) electrons. The Labute approximate surface area is 121 Å². The zero-order valence-corrected chi connectivity index (χ0v) is 12.4. The minimum absolute atomic E-state index is 0.0290. The Hall–Kier alpha value is -1.14. The summed E-state index contributed by atoms with van der Waals surface area (Å²) in [6, 6.07) is 0. The molecular weight excluding hydrogens is 256 g/mol. The molecule has 1 N–H and O–H groups in total. The van der Waals surface area contributed by atoms with Crippen molar-refractivity contribution in [3.8, 4) is 0 Å². The molecule has 6 nitrogen and oxygen atoms in total. The van der Waals surface area contributed by atoms with Crippen molar-refractivity contribution in [1.82, 2.24) is 20.0 Å². The van der Waals surface area contributed by atoms with Crippen LogP contribution in [0, 0.1) is 0 Å². The topological polar surface area (TPSA) is 55.9 Å². The predicted octanol–water partition coefficient (Wildman–Crippen LogP) is -0.637. The lowest BCUT2D eigenvalue weighted by Crippen LogP contribution is -2.45. The number of likely N-dealkylation sites (N-methyl/N-ethyl adjacent to an activating group) is 1. The van der Waals surface area contributed by atoms with E-state index >= 15 is 0 Å². The summed E-state index contributed by atoms with van der Waals surface area (Å²) in [5.41, 5.74) is 0. The van der Waals surface area contributed by atoms with Crippen molar-refractivity contribution >= 4 is 11.8 Å². The van der Waals surface area contributed by atoms with Crippen LogP contribution in [-0.4, -0.2) is 85.9 Å². The maximum Gasteiger partial charge on any atom is 0.239 e. The van der Waals surface area contributed by atoms with Crippen LogP contribution in [0.15, 0.2) is 0 Å². The van der Waals surface area contributed by atoms with E-state index in [9.17, 15) is 9.59 Å². The van der Waals surface area contributed by atoms with E-state index in [0.29, 0.717) is 13.0 Å². The molecule has 0 aromatic carbocycles. The van der Waals surface area contributed by atoms with Crippen molar-refractivity contribution in [1.29, 1.82) is 0 Å². The Kier molecular flexibility index (Phi) is 5.79. The summed E-state index contributed by atoms with van der Waals surface area (Å²) in [7, 11) is 2.15. The second-order valence-electron chi connectivity index (χ2n) is 5.77. The van der Waals surface area contributed by atoms with Crippen LogP contribution < -0.4 is 5.32 Å². The summed E-state index contributed by atoms with van der Waals surface area (Å²) in [6.45, 7) is 7.19. The maximum absolute atomic E-state index is 11.7. The first-order valence-electron chi connectivity index (χ1n) is 7.60.